The van der Waals surface area contributed by atoms with Crippen LogP contribution in [0.2, 0.25) is 0 Å². The molecule has 0 spiro atoms. The van der Waals surface area contributed by atoms with Crippen molar-refractivity contribution in [2.24, 2.45) is 5.92 Å². The summed E-state index contributed by atoms with van der Waals surface area (Å²) in [6.45, 7) is 6.68. The molecule has 7 heteroatoms. The molecule has 0 aliphatic heterocycles. The van der Waals surface area contributed by atoms with Gasteiger partial charge in [0.25, 0.3) is 5.91 Å². The number of methoxy groups -OCH3 is 1. The standard InChI is InChI=1S/C22H29NO5S/c1-15(2)12-13-28-20-11-8-18(14-21(20)27-4)22(24)23-16(3)17-6-9-19(10-7-17)29(5,25)26/h6-11,14-16H,12-13H2,1-5H3,(H,23,24). The van der Waals surface area contributed by atoms with Crippen LogP contribution in [0.5, 0.6) is 11.5 Å². The summed E-state index contributed by atoms with van der Waals surface area (Å²) in [5, 5.41) is 2.91. The predicted molar refractivity (Wildman–Crippen MR) is 113 cm³/mol. The van der Waals surface area contributed by atoms with Crippen molar-refractivity contribution in [3.05, 3.63) is 53.6 Å². The highest BCUT2D eigenvalue weighted by atomic mass is 32.2. The topological polar surface area (TPSA) is 81.7 Å². The van der Waals surface area contributed by atoms with E-state index < -0.39 is 9.84 Å². The van der Waals surface area contributed by atoms with E-state index in [1.54, 1.807) is 42.5 Å². The first-order valence-electron chi connectivity index (χ1n) is 9.53. The number of ether oxygens (including phenoxy) is 2. The summed E-state index contributed by atoms with van der Waals surface area (Å²) in [5.41, 5.74) is 1.27. The summed E-state index contributed by atoms with van der Waals surface area (Å²) in [7, 11) is -1.71. The highest BCUT2D eigenvalue weighted by molar-refractivity contribution is 7.90. The Labute approximate surface area is 173 Å². The van der Waals surface area contributed by atoms with Crippen LogP contribution in [0.25, 0.3) is 0 Å². The van der Waals surface area contributed by atoms with Crippen molar-refractivity contribution in [3.63, 3.8) is 0 Å². The van der Waals surface area contributed by atoms with Gasteiger partial charge in [0, 0.05) is 11.8 Å². The third kappa shape index (κ3) is 6.49. The zero-order valence-corrected chi connectivity index (χ0v) is 18.4. The van der Waals surface area contributed by atoms with Crippen molar-refractivity contribution in [1.29, 1.82) is 0 Å². The molecule has 0 radical (unpaired) electrons. The molecule has 6 nitrogen and oxygen atoms in total. The predicted octanol–water partition coefficient (Wildman–Crippen LogP) is 4.01. The van der Waals surface area contributed by atoms with E-state index in [2.05, 4.69) is 19.2 Å². The molecule has 0 aliphatic rings. The second-order valence-corrected chi connectivity index (χ2v) is 9.45. The van der Waals surface area contributed by atoms with Crippen molar-refractivity contribution in [1.82, 2.24) is 5.32 Å². The summed E-state index contributed by atoms with van der Waals surface area (Å²) in [6, 6.07) is 11.3. The molecule has 0 saturated carbocycles. The normalized spacial score (nSPS) is 12.5. The van der Waals surface area contributed by atoms with Crippen LogP contribution >= 0.6 is 0 Å². The fourth-order valence-corrected chi connectivity index (χ4v) is 3.33. The Morgan fingerprint density at radius 1 is 1.03 bits per heavy atom. The van der Waals surface area contributed by atoms with Gasteiger partial charge < -0.3 is 14.8 Å². The minimum Gasteiger partial charge on any atom is -0.493 e. The Balaban J connectivity index is 2.07. The molecule has 0 aliphatic carbocycles. The van der Waals surface area contributed by atoms with Gasteiger partial charge in [-0.25, -0.2) is 8.42 Å². The van der Waals surface area contributed by atoms with E-state index in [0.717, 1.165) is 18.2 Å². The molecule has 29 heavy (non-hydrogen) atoms. The first kappa shape index (κ1) is 22.7. The second-order valence-electron chi connectivity index (χ2n) is 7.43. The van der Waals surface area contributed by atoms with Gasteiger partial charge in [-0.3, -0.25) is 4.79 Å². The average molecular weight is 420 g/mol. The molecule has 2 aromatic rings. The molecule has 1 atom stereocenters. The molecule has 0 saturated heterocycles. The maximum atomic E-state index is 12.6. The van der Waals surface area contributed by atoms with Crippen LogP contribution in [0.1, 0.15) is 49.2 Å². The molecular weight excluding hydrogens is 390 g/mol. The molecule has 158 valence electrons. The van der Waals surface area contributed by atoms with E-state index in [0.29, 0.717) is 29.6 Å². The minimum absolute atomic E-state index is 0.248. The largest absolute Gasteiger partial charge is 0.493 e. The van der Waals surface area contributed by atoms with E-state index in [9.17, 15) is 13.2 Å². The van der Waals surface area contributed by atoms with Gasteiger partial charge in [-0.15, -0.1) is 0 Å². The minimum atomic E-state index is -3.25. The Kier molecular flexibility index (Phi) is 7.67. The number of hydrogen-bond donors (Lipinski definition) is 1. The Morgan fingerprint density at radius 2 is 1.69 bits per heavy atom. The van der Waals surface area contributed by atoms with Gasteiger partial charge in [-0.2, -0.15) is 0 Å². The number of carbonyl (C=O) groups is 1. The quantitative estimate of drug-likeness (QED) is 0.664. The third-order valence-electron chi connectivity index (χ3n) is 4.53. The van der Waals surface area contributed by atoms with Crippen molar-refractivity contribution >= 4 is 15.7 Å². The fraction of sp³-hybridized carbons (Fsp3) is 0.409. The number of nitrogens with one attached hydrogen (secondary N) is 1. The van der Waals surface area contributed by atoms with Crippen LogP contribution < -0.4 is 14.8 Å². The van der Waals surface area contributed by atoms with Crippen LogP contribution in [-0.2, 0) is 9.84 Å². The lowest BCUT2D eigenvalue weighted by molar-refractivity contribution is 0.0939. The van der Waals surface area contributed by atoms with Gasteiger partial charge >= 0.3 is 0 Å². The molecule has 1 unspecified atom stereocenters. The lowest BCUT2D eigenvalue weighted by Crippen LogP contribution is -2.26. The smallest absolute Gasteiger partial charge is 0.251 e. The second kappa shape index (κ2) is 9.78. The maximum absolute atomic E-state index is 12.6. The average Bonchev–Trinajstić information content (AvgIpc) is 2.67. The number of carbonyl (C=O) groups excluding carboxylic acids is 1. The van der Waals surface area contributed by atoms with Crippen LogP contribution in [0, 0.1) is 5.92 Å². The van der Waals surface area contributed by atoms with E-state index >= 15 is 0 Å². The number of hydrogen-bond acceptors (Lipinski definition) is 5. The first-order valence-corrected chi connectivity index (χ1v) is 11.4. The van der Waals surface area contributed by atoms with E-state index in [-0.39, 0.29) is 16.8 Å². The molecule has 1 amide bonds. The van der Waals surface area contributed by atoms with Crippen molar-refractivity contribution in [3.8, 4) is 11.5 Å². The Morgan fingerprint density at radius 3 is 2.24 bits per heavy atom. The summed E-state index contributed by atoms with van der Waals surface area (Å²) in [6.07, 6.45) is 2.10. The molecule has 0 aromatic heterocycles. The molecule has 0 fully saturated rings. The number of amides is 1. The summed E-state index contributed by atoms with van der Waals surface area (Å²) in [4.78, 5) is 12.9. The lowest BCUT2D eigenvalue weighted by atomic mass is 10.1. The molecular formula is C22H29NO5S. The van der Waals surface area contributed by atoms with Crippen molar-refractivity contribution < 1.29 is 22.7 Å². The molecule has 0 heterocycles. The fourth-order valence-electron chi connectivity index (χ4n) is 2.70. The van der Waals surface area contributed by atoms with Gasteiger partial charge in [-0.05, 0) is 55.2 Å². The van der Waals surface area contributed by atoms with Gasteiger partial charge in [0.2, 0.25) is 0 Å². The molecule has 1 N–H and O–H groups in total. The van der Waals surface area contributed by atoms with Crippen LogP contribution in [-0.4, -0.2) is 34.3 Å². The third-order valence-corrected chi connectivity index (χ3v) is 5.66. The highest BCUT2D eigenvalue weighted by Crippen LogP contribution is 2.29. The summed E-state index contributed by atoms with van der Waals surface area (Å²) < 4.78 is 34.3. The van der Waals surface area contributed by atoms with Gasteiger partial charge in [0.05, 0.1) is 24.7 Å². The molecule has 0 bridgehead atoms. The zero-order chi connectivity index (χ0) is 21.6. The van der Waals surface area contributed by atoms with Crippen molar-refractivity contribution in [2.75, 3.05) is 20.0 Å². The zero-order valence-electron chi connectivity index (χ0n) is 17.6. The lowest BCUT2D eigenvalue weighted by Gasteiger charge is -2.16. The van der Waals surface area contributed by atoms with E-state index in [1.165, 1.54) is 7.11 Å². The number of sulfone groups is 1. The maximum Gasteiger partial charge on any atom is 0.251 e. The highest BCUT2D eigenvalue weighted by Gasteiger charge is 2.15. The van der Waals surface area contributed by atoms with Crippen LogP contribution in [0.15, 0.2) is 47.4 Å². The molecule has 2 aromatic carbocycles. The van der Waals surface area contributed by atoms with Crippen LogP contribution in [0.3, 0.4) is 0 Å². The SMILES string of the molecule is COc1cc(C(=O)NC(C)c2ccc(S(C)(=O)=O)cc2)ccc1OCCC(C)C. The summed E-state index contributed by atoms with van der Waals surface area (Å²) in [5.74, 6) is 1.40. The number of benzene rings is 2. The van der Waals surface area contributed by atoms with Gasteiger partial charge in [0.1, 0.15) is 0 Å². The Hall–Kier alpha value is -2.54. The van der Waals surface area contributed by atoms with E-state index in [4.69, 9.17) is 9.47 Å². The number of rotatable bonds is 9. The van der Waals surface area contributed by atoms with E-state index in [1.807, 2.05) is 6.92 Å². The van der Waals surface area contributed by atoms with Crippen LogP contribution in [0.4, 0.5) is 0 Å². The van der Waals surface area contributed by atoms with Gasteiger partial charge in [-0.1, -0.05) is 26.0 Å². The monoisotopic (exact) mass is 419 g/mol. The summed E-state index contributed by atoms with van der Waals surface area (Å²) >= 11 is 0. The molecule has 2 rings (SSSR count). The van der Waals surface area contributed by atoms with Crippen molar-refractivity contribution in [2.45, 2.75) is 38.1 Å². The Bertz CT molecular complexity index is 936. The van der Waals surface area contributed by atoms with Gasteiger partial charge in [0.15, 0.2) is 21.3 Å². The first-order chi connectivity index (χ1) is 13.6.